The van der Waals surface area contributed by atoms with Crippen LogP contribution >= 0.6 is 0 Å². The van der Waals surface area contributed by atoms with Gasteiger partial charge in [0, 0.05) is 11.5 Å². The van der Waals surface area contributed by atoms with E-state index in [0.29, 0.717) is 30.0 Å². The molecule has 1 saturated carbocycles. The fraction of sp³-hybridized carbons (Fsp3) is 0.467. The average molecular weight is 259 g/mol. The summed E-state index contributed by atoms with van der Waals surface area (Å²) in [5.41, 5.74) is 1.29. The molecule has 0 bridgehead atoms. The molecule has 0 spiro atoms. The van der Waals surface area contributed by atoms with Crippen LogP contribution in [-0.4, -0.2) is 18.3 Å². The molecule has 1 aromatic rings. The maximum atomic E-state index is 12.3. The highest BCUT2D eigenvalue weighted by atomic mass is 16.5. The second-order valence-electron chi connectivity index (χ2n) is 5.20. The van der Waals surface area contributed by atoms with Crippen LogP contribution in [0.4, 0.5) is 5.69 Å². The molecule has 100 valence electrons. The predicted octanol–water partition coefficient (Wildman–Crippen LogP) is 2.78. The van der Waals surface area contributed by atoms with Gasteiger partial charge in [0.05, 0.1) is 18.7 Å². The predicted molar refractivity (Wildman–Crippen MR) is 71.5 cm³/mol. The summed E-state index contributed by atoms with van der Waals surface area (Å²) in [6, 6.07) is 5.33. The van der Waals surface area contributed by atoms with Gasteiger partial charge in [-0.25, -0.2) is 0 Å². The smallest absolute Gasteiger partial charge is 0.227 e. The van der Waals surface area contributed by atoms with Crippen molar-refractivity contribution in [2.75, 3.05) is 11.9 Å². The van der Waals surface area contributed by atoms with Crippen LogP contribution in [0.2, 0.25) is 0 Å². The molecule has 2 aliphatic rings. The minimum atomic E-state index is -0.0655. The van der Waals surface area contributed by atoms with E-state index in [2.05, 4.69) is 5.32 Å². The molecule has 1 aromatic carbocycles. The molecule has 4 nitrogen and oxygen atoms in total. The van der Waals surface area contributed by atoms with E-state index >= 15 is 0 Å². The molecule has 0 atom stereocenters. The lowest BCUT2D eigenvalue weighted by molar-refractivity contribution is -0.116. The molecule has 1 fully saturated rings. The Morgan fingerprint density at radius 2 is 2.05 bits per heavy atom. The molecule has 3 rings (SSSR count). The summed E-state index contributed by atoms with van der Waals surface area (Å²) in [6.07, 6.45) is 4.60. The van der Waals surface area contributed by atoms with E-state index in [9.17, 15) is 9.59 Å². The topological polar surface area (TPSA) is 55.4 Å². The van der Waals surface area contributed by atoms with Crippen LogP contribution in [0.25, 0.3) is 0 Å². The first-order valence-corrected chi connectivity index (χ1v) is 6.85. The van der Waals surface area contributed by atoms with Crippen molar-refractivity contribution >= 4 is 17.4 Å². The Bertz CT molecular complexity index is 518. The highest BCUT2D eigenvalue weighted by molar-refractivity contribution is 6.01. The van der Waals surface area contributed by atoms with Gasteiger partial charge in [-0.3, -0.25) is 9.59 Å². The highest BCUT2D eigenvalue weighted by Gasteiger charge is 2.25. The molecule has 0 radical (unpaired) electrons. The normalized spacial score (nSPS) is 19.3. The van der Waals surface area contributed by atoms with Crippen molar-refractivity contribution in [2.24, 2.45) is 5.92 Å². The van der Waals surface area contributed by atoms with Crippen molar-refractivity contribution in [3.63, 3.8) is 0 Å². The van der Waals surface area contributed by atoms with Gasteiger partial charge < -0.3 is 10.1 Å². The number of benzene rings is 1. The zero-order valence-corrected chi connectivity index (χ0v) is 10.8. The van der Waals surface area contributed by atoms with Crippen molar-refractivity contribution in [3.05, 3.63) is 23.8 Å². The lowest BCUT2D eigenvalue weighted by Gasteiger charge is -2.11. The zero-order chi connectivity index (χ0) is 13.2. The van der Waals surface area contributed by atoms with E-state index in [1.807, 2.05) is 0 Å². The third-order valence-electron chi connectivity index (χ3n) is 3.85. The lowest BCUT2D eigenvalue weighted by Crippen LogP contribution is -2.13. The number of ether oxygens (including phenoxy) is 1. The van der Waals surface area contributed by atoms with Crippen LogP contribution < -0.4 is 10.1 Å². The molecule has 1 amide bonds. The third kappa shape index (κ3) is 2.48. The molecule has 0 saturated heterocycles. The summed E-state index contributed by atoms with van der Waals surface area (Å²) < 4.78 is 5.48. The first-order chi connectivity index (χ1) is 9.24. The number of rotatable bonds is 2. The minimum Gasteiger partial charge on any atom is -0.491 e. The monoisotopic (exact) mass is 259 g/mol. The van der Waals surface area contributed by atoms with Crippen LogP contribution in [0.15, 0.2) is 18.2 Å². The van der Waals surface area contributed by atoms with E-state index in [0.717, 1.165) is 25.7 Å². The fourth-order valence-corrected chi connectivity index (χ4v) is 2.80. The number of nitrogens with one attached hydrogen (secondary N) is 1. The van der Waals surface area contributed by atoms with Crippen molar-refractivity contribution in [2.45, 2.75) is 32.1 Å². The number of hydrogen-bond donors (Lipinski definition) is 1. The fourth-order valence-electron chi connectivity index (χ4n) is 2.80. The Morgan fingerprint density at radius 3 is 2.84 bits per heavy atom. The van der Waals surface area contributed by atoms with Crippen LogP contribution in [-0.2, 0) is 4.79 Å². The highest BCUT2D eigenvalue weighted by Crippen LogP contribution is 2.32. The van der Waals surface area contributed by atoms with Crippen LogP contribution in [0.3, 0.4) is 0 Å². The Kier molecular flexibility index (Phi) is 3.23. The molecule has 0 aromatic heterocycles. The average Bonchev–Trinajstić information content (AvgIpc) is 2.87. The van der Waals surface area contributed by atoms with E-state index in [1.54, 1.807) is 18.2 Å². The number of hydrogen-bond acceptors (Lipinski definition) is 3. The van der Waals surface area contributed by atoms with Crippen molar-refractivity contribution < 1.29 is 14.3 Å². The molecular formula is C15H17NO3. The van der Waals surface area contributed by atoms with Gasteiger partial charge in [-0.2, -0.15) is 0 Å². The van der Waals surface area contributed by atoms with Crippen LogP contribution in [0, 0.1) is 5.92 Å². The molecule has 1 aliphatic heterocycles. The van der Waals surface area contributed by atoms with Gasteiger partial charge in [0.1, 0.15) is 5.75 Å². The molecule has 19 heavy (non-hydrogen) atoms. The van der Waals surface area contributed by atoms with Crippen molar-refractivity contribution in [1.29, 1.82) is 0 Å². The minimum absolute atomic E-state index is 0.0655. The maximum absolute atomic E-state index is 12.3. The number of carbonyl (C=O) groups is 2. The second-order valence-corrected chi connectivity index (χ2v) is 5.20. The summed E-state index contributed by atoms with van der Waals surface area (Å²) >= 11 is 0. The van der Waals surface area contributed by atoms with Gasteiger partial charge in [0.15, 0.2) is 5.78 Å². The molecule has 1 heterocycles. The SMILES string of the molecule is O=C1CCOc2ccc(C(=O)C3CCCC3)cc2N1. The number of Topliss-reactive ketones (excluding diaryl/α,β-unsaturated/α-hetero) is 1. The number of anilines is 1. The Hall–Kier alpha value is -1.84. The summed E-state index contributed by atoms with van der Waals surface area (Å²) in [6.45, 7) is 0.384. The Labute approximate surface area is 112 Å². The molecule has 1 N–H and O–H groups in total. The standard InChI is InChI=1S/C15H17NO3/c17-14-7-8-19-13-6-5-11(9-12(13)16-14)15(18)10-3-1-2-4-10/h5-6,9-10H,1-4,7-8H2,(H,16,17). The number of fused-ring (bicyclic) bond motifs is 1. The number of amides is 1. The molecular weight excluding hydrogens is 242 g/mol. The molecule has 1 aliphatic carbocycles. The van der Waals surface area contributed by atoms with E-state index < -0.39 is 0 Å². The van der Waals surface area contributed by atoms with Gasteiger partial charge in [-0.05, 0) is 31.0 Å². The van der Waals surface area contributed by atoms with Crippen molar-refractivity contribution in [1.82, 2.24) is 0 Å². The van der Waals surface area contributed by atoms with E-state index in [4.69, 9.17) is 4.74 Å². The van der Waals surface area contributed by atoms with Crippen LogP contribution in [0.5, 0.6) is 5.75 Å². The summed E-state index contributed by atoms with van der Waals surface area (Å²) in [7, 11) is 0. The Balaban J connectivity index is 1.87. The summed E-state index contributed by atoms with van der Waals surface area (Å²) in [5.74, 6) is 0.928. The summed E-state index contributed by atoms with van der Waals surface area (Å²) in [5, 5.41) is 2.79. The zero-order valence-electron chi connectivity index (χ0n) is 10.8. The van der Waals surface area contributed by atoms with Gasteiger partial charge in [0.25, 0.3) is 0 Å². The molecule has 0 unspecified atom stereocenters. The second kappa shape index (κ2) is 5.03. The number of carbonyl (C=O) groups excluding carboxylic acids is 2. The largest absolute Gasteiger partial charge is 0.491 e. The Morgan fingerprint density at radius 1 is 1.26 bits per heavy atom. The third-order valence-corrected chi connectivity index (χ3v) is 3.85. The van der Waals surface area contributed by atoms with Gasteiger partial charge in [0.2, 0.25) is 5.91 Å². The van der Waals surface area contributed by atoms with Gasteiger partial charge in [-0.1, -0.05) is 12.8 Å². The van der Waals surface area contributed by atoms with Gasteiger partial charge >= 0.3 is 0 Å². The maximum Gasteiger partial charge on any atom is 0.227 e. The van der Waals surface area contributed by atoms with Gasteiger partial charge in [-0.15, -0.1) is 0 Å². The lowest BCUT2D eigenvalue weighted by atomic mass is 9.96. The van der Waals surface area contributed by atoms with Crippen molar-refractivity contribution in [3.8, 4) is 5.75 Å². The molecule has 4 heteroatoms. The first kappa shape index (κ1) is 12.2. The summed E-state index contributed by atoms with van der Waals surface area (Å²) in [4.78, 5) is 23.9. The first-order valence-electron chi connectivity index (χ1n) is 6.85. The van der Waals surface area contributed by atoms with E-state index in [1.165, 1.54) is 0 Å². The quantitative estimate of drug-likeness (QED) is 0.831. The van der Waals surface area contributed by atoms with E-state index in [-0.39, 0.29) is 17.6 Å². The number of ketones is 1. The van der Waals surface area contributed by atoms with Crippen LogP contribution in [0.1, 0.15) is 42.5 Å².